The number of esters is 1. The number of nitrogens with zero attached hydrogens (tertiary/aromatic N) is 2. The van der Waals surface area contributed by atoms with Gasteiger partial charge in [0.15, 0.2) is 0 Å². The van der Waals surface area contributed by atoms with Crippen molar-refractivity contribution < 1.29 is 14.6 Å². The first-order valence-electron chi connectivity index (χ1n) is 21.6. The number of carbonyl (C=O) groups excluding carboxylic acids is 1. The third-order valence-corrected chi connectivity index (χ3v) is 10.2. The van der Waals surface area contributed by atoms with Crippen molar-refractivity contribution in [2.45, 2.75) is 233 Å². The third kappa shape index (κ3) is 31.2. The highest BCUT2D eigenvalue weighted by molar-refractivity contribution is 5.69. The van der Waals surface area contributed by atoms with Crippen molar-refractivity contribution in [2.75, 3.05) is 19.6 Å². The van der Waals surface area contributed by atoms with Gasteiger partial charge in [-0.3, -0.25) is 4.79 Å². The molecule has 3 atom stereocenters. The quantitative estimate of drug-likeness (QED) is 0.0516. The molecular formula is C44H86N2O3. The maximum absolute atomic E-state index is 12.5. The van der Waals surface area contributed by atoms with Crippen molar-refractivity contribution in [3.63, 3.8) is 0 Å². The van der Waals surface area contributed by atoms with Gasteiger partial charge in [-0.25, -0.2) is 0 Å². The minimum Gasteiger partial charge on any atom is -0.462 e. The molecule has 0 amide bonds. The lowest BCUT2D eigenvalue weighted by Crippen LogP contribution is -2.36. The van der Waals surface area contributed by atoms with Crippen LogP contribution in [0.2, 0.25) is 0 Å². The first-order valence-corrected chi connectivity index (χ1v) is 21.6. The lowest BCUT2D eigenvalue weighted by Gasteiger charge is -2.29. The monoisotopic (exact) mass is 691 g/mol. The molecule has 0 bridgehead atoms. The van der Waals surface area contributed by atoms with Crippen LogP contribution in [0.15, 0.2) is 25.1 Å². The van der Waals surface area contributed by atoms with Crippen LogP contribution in [-0.4, -0.2) is 58.8 Å². The lowest BCUT2D eigenvalue weighted by molar-refractivity contribution is -0.149. The second-order valence-electron chi connectivity index (χ2n) is 15.0. The Balaban J connectivity index is 4.49. The summed E-state index contributed by atoms with van der Waals surface area (Å²) in [5.41, 5.74) is 0. The van der Waals surface area contributed by atoms with Crippen LogP contribution in [0, 0.1) is 0 Å². The van der Waals surface area contributed by atoms with E-state index in [1.807, 2.05) is 6.20 Å². The summed E-state index contributed by atoms with van der Waals surface area (Å²) in [7, 11) is 0. The second-order valence-corrected chi connectivity index (χ2v) is 15.0. The minimum absolute atomic E-state index is 0.00682. The Bertz CT molecular complexity index is 742. The van der Waals surface area contributed by atoms with Gasteiger partial charge >= 0.3 is 5.97 Å². The molecule has 5 nitrogen and oxygen atoms in total. The maximum Gasteiger partial charge on any atom is 0.306 e. The molecule has 0 rings (SSSR count). The fourth-order valence-corrected chi connectivity index (χ4v) is 6.70. The molecule has 290 valence electrons. The van der Waals surface area contributed by atoms with Crippen molar-refractivity contribution in [3.8, 4) is 0 Å². The largest absolute Gasteiger partial charge is 0.462 e. The van der Waals surface area contributed by atoms with Crippen LogP contribution in [0.3, 0.4) is 0 Å². The molecule has 0 heterocycles. The molecule has 3 unspecified atom stereocenters. The first-order chi connectivity index (χ1) is 23.9. The summed E-state index contributed by atoms with van der Waals surface area (Å²) in [6, 6.07) is 0.380. The van der Waals surface area contributed by atoms with Gasteiger partial charge in [-0.1, -0.05) is 162 Å². The predicted molar refractivity (Wildman–Crippen MR) is 215 cm³/mol. The number of ether oxygens (including phenoxy) is 1. The maximum atomic E-state index is 12.5. The highest BCUT2D eigenvalue weighted by atomic mass is 16.5. The molecule has 0 aromatic heterocycles. The Kier molecular flexibility index (Phi) is 35.5. The van der Waals surface area contributed by atoms with E-state index >= 15 is 0 Å². The number of unbranched alkanes of at least 4 members (excludes halogenated alkanes) is 19. The zero-order valence-corrected chi connectivity index (χ0v) is 33.7. The van der Waals surface area contributed by atoms with E-state index in [4.69, 9.17) is 4.74 Å². The van der Waals surface area contributed by atoms with Gasteiger partial charge in [-0.05, 0) is 77.2 Å². The number of hydrogen-bond donors (Lipinski definition) is 1. The summed E-state index contributed by atoms with van der Waals surface area (Å²) in [5, 5.41) is 11.0. The molecule has 0 aromatic carbocycles. The third-order valence-electron chi connectivity index (χ3n) is 10.2. The van der Waals surface area contributed by atoms with Crippen molar-refractivity contribution in [1.82, 2.24) is 9.80 Å². The summed E-state index contributed by atoms with van der Waals surface area (Å²) in [5.74, 6) is -0.00682. The van der Waals surface area contributed by atoms with Crippen LogP contribution < -0.4 is 0 Å². The van der Waals surface area contributed by atoms with Crippen LogP contribution in [0.25, 0.3) is 0 Å². The highest BCUT2D eigenvalue weighted by Crippen LogP contribution is 2.16. The van der Waals surface area contributed by atoms with E-state index < -0.39 is 0 Å². The zero-order chi connectivity index (χ0) is 36.2. The van der Waals surface area contributed by atoms with Crippen LogP contribution in [0.1, 0.15) is 214 Å². The van der Waals surface area contributed by atoms with Crippen LogP contribution in [0.4, 0.5) is 0 Å². The summed E-state index contributed by atoms with van der Waals surface area (Å²) in [4.78, 5) is 17.2. The van der Waals surface area contributed by atoms with Gasteiger partial charge in [0.1, 0.15) is 6.10 Å². The smallest absolute Gasteiger partial charge is 0.306 e. The number of allylic oxidation sites excluding steroid dienone is 1. The van der Waals surface area contributed by atoms with Gasteiger partial charge in [0.2, 0.25) is 0 Å². The molecule has 0 aromatic rings. The standard InChI is InChI=1S/C44H86N2O3/c1-7-12-15-17-19-20-21-22-24-28-33-42(47)40-45(39-36-41(6)46(11-5)38-31-14-9-3)37-32-27-23-26-30-35-44(48)49-43(10-4)34-29-25-18-16-13-8-2/h11,31,38,41-43,47H,5,7-10,12-30,32-37,39-40H2,1-4,6H3/b38-31-. The summed E-state index contributed by atoms with van der Waals surface area (Å²) in [6.45, 7) is 18.0. The molecule has 0 spiro atoms. The molecule has 49 heavy (non-hydrogen) atoms. The number of rotatable bonds is 38. The second kappa shape index (κ2) is 36.5. The molecule has 0 aliphatic heterocycles. The van der Waals surface area contributed by atoms with Crippen molar-refractivity contribution in [2.24, 2.45) is 0 Å². The average Bonchev–Trinajstić information content (AvgIpc) is 3.10. The van der Waals surface area contributed by atoms with E-state index in [1.54, 1.807) is 0 Å². The Morgan fingerprint density at radius 3 is 1.76 bits per heavy atom. The van der Waals surface area contributed by atoms with Crippen molar-refractivity contribution in [3.05, 3.63) is 25.1 Å². The number of hydrogen-bond acceptors (Lipinski definition) is 5. The van der Waals surface area contributed by atoms with E-state index in [9.17, 15) is 9.90 Å². The Morgan fingerprint density at radius 2 is 1.20 bits per heavy atom. The van der Waals surface area contributed by atoms with Gasteiger partial charge in [-0.15, -0.1) is 0 Å². The normalized spacial score (nSPS) is 13.6. The number of carbonyl (C=O) groups is 1. The molecule has 0 saturated heterocycles. The van der Waals surface area contributed by atoms with E-state index in [-0.39, 0.29) is 18.2 Å². The Morgan fingerprint density at radius 1 is 0.673 bits per heavy atom. The molecule has 0 radical (unpaired) electrons. The minimum atomic E-state index is -0.247. The molecule has 0 aliphatic rings. The summed E-state index contributed by atoms with van der Waals surface area (Å²) in [6.07, 6.45) is 39.3. The SMILES string of the molecule is C=CN(/C=C\CCC)C(C)CCN(CCCCCCCC(=O)OC(CC)CCCCCCCC)CC(O)CCCCCCCCCCCC. The highest BCUT2D eigenvalue weighted by Gasteiger charge is 2.15. The average molecular weight is 691 g/mol. The molecule has 5 heteroatoms. The van der Waals surface area contributed by atoms with Gasteiger partial charge in [0.05, 0.1) is 6.10 Å². The molecule has 1 N–H and O–H groups in total. The van der Waals surface area contributed by atoms with Gasteiger partial charge in [0.25, 0.3) is 0 Å². The van der Waals surface area contributed by atoms with Crippen molar-refractivity contribution >= 4 is 5.97 Å². The topological polar surface area (TPSA) is 53.0 Å². The first kappa shape index (κ1) is 47.7. The number of aliphatic hydroxyl groups is 1. The van der Waals surface area contributed by atoms with E-state index in [0.717, 1.165) is 90.3 Å². The van der Waals surface area contributed by atoms with Crippen LogP contribution in [-0.2, 0) is 9.53 Å². The van der Waals surface area contributed by atoms with E-state index in [1.165, 1.54) is 103 Å². The van der Waals surface area contributed by atoms with Gasteiger partial charge in [0, 0.05) is 25.6 Å². The lowest BCUT2D eigenvalue weighted by atomic mass is 10.0. The van der Waals surface area contributed by atoms with Gasteiger partial charge < -0.3 is 19.6 Å². The Labute approximate surface area is 307 Å². The molecule has 0 aliphatic carbocycles. The number of aliphatic hydroxyl groups excluding tert-OH is 1. The fourth-order valence-electron chi connectivity index (χ4n) is 6.70. The fraction of sp³-hybridized carbons (Fsp3) is 0.886. The van der Waals surface area contributed by atoms with Crippen molar-refractivity contribution in [1.29, 1.82) is 0 Å². The van der Waals surface area contributed by atoms with Gasteiger partial charge in [-0.2, -0.15) is 0 Å². The molecular weight excluding hydrogens is 604 g/mol. The Hall–Kier alpha value is -1.33. The molecule has 0 fully saturated rings. The van der Waals surface area contributed by atoms with Crippen LogP contribution >= 0.6 is 0 Å². The summed E-state index contributed by atoms with van der Waals surface area (Å²) < 4.78 is 5.81. The van der Waals surface area contributed by atoms with E-state index in [2.05, 4.69) is 63.3 Å². The van der Waals surface area contributed by atoms with E-state index in [0.29, 0.717) is 12.5 Å². The zero-order valence-electron chi connectivity index (χ0n) is 33.7. The summed E-state index contributed by atoms with van der Waals surface area (Å²) >= 11 is 0. The predicted octanol–water partition coefficient (Wildman–Crippen LogP) is 12.9. The van der Waals surface area contributed by atoms with Crippen LogP contribution in [0.5, 0.6) is 0 Å². The molecule has 0 saturated carbocycles.